The Morgan fingerprint density at radius 3 is 2.94 bits per heavy atom. The van der Waals surface area contributed by atoms with Crippen LogP contribution in [0.25, 0.3) is 0 Å². The first-order valence-electron chi connectivity index (χ1n) is 5.01. The molecule has 2 aromatic rings. The molecule has 0 fully saturated rings. The molecule has 0 unspecified atom stereocenters. The number of carboxylic acid groups (broad SMARTS) is 1. The van der Waals surface area contributed by atoms with Crippen molar-refractivity contribution in [1.82, 2.24) is 10.1 Å². The first-order chi connectivity index (χ1) is 8.56. The van der Waals surface area contributed by atoms with Crippen molar-refractivity contribution in [2.24, 2.45) is 0 Å². The molecule has 1 aromatic heterocycles. The lowest BCUT2D eigenvalue weighted by molar-refractivity contribution is 0.0693. The average Bonchev–Trinajstić information content (AvgIpc) is 2.72. The van der Waals surface area contributed by atoms with Crippen LogP contribution in [0.1, 0.15) is 22.1 Å². The van der Waals surface area contributed by atoms with Crippen LogP contribution in [-0.2, 0) is 5.75 Å². The Labute approximate surface area is 116 Å². The van der Waals surface area contributed by atoms with Gasteiger partial charge >= 0.3 is 5.97 Å². The van der Waals surface area contributed by atoms with Gasteiger partial charge in [-0.05, 0) is 18.2 Å². The monoisotopic (exact) mass is 328 g/mol. The average molecular weight is 329 g/mol. The van der Waals surface area contributed by atoms with Crippen LogP contribution in [0.3, 0.4) is 0 Å². The van der Waals surface area contributed by atoms with E-state index in [-0.39, 0.29) is 5.56 Å². The van der Waals surface area contributed by atoms with Crippen LogP contribution < -0.4 is 0 Å². The highest BCUT2D eigenvalue weighted by Crippen LogP contribution is 2.28. The van der Waals surface area contributed by atoms with Gasteiger partial charge in [0.25, 0.3) is 0 Å². The standard InChI is InChI=1S/C11H9BrN2O3S/c1-6-13-10(14-17-6)5-18-9-4-7(12)2-3-8(9)11(15)16/h2-4H,5H2,1H3,(H,15,16). The summed E-state index contributed by atoms with van der Waals surface area (Å²) in [5.74, 6) is 0.565. The summed E-state index contributed by atoms with van der Waals surface area (Å²) >= 11 is 4.68. The summed E-state index contributed by atoms with van der Waals surface area (Å²) in [5.41, 5.74) is 0.267. The number of hydrogen-bond donors (Lipinski definition) is 1. The molecule has 1 N–H and O–H groups in total. The lowest BCUT2D eigenvalue weighted by atomic mass is 10.2. The molecular weight excluding hydrogens is 320 g/mol. The molecule has 0 aliphatic carbocycles. The highest BCUT2D eigenvalue weighted by molar-refractivity contribution is 9.10. The molecule has 0 atom stereocenters. The molecule has 0 saturated carbocycles. The van der Waals surface area contributed by atoms with E-state index in [4.69, 9.17) is 9.63 Å². The summed E-state index contributed by atoms with van der Waals surface area (Å²) in [5, 5.41) is 12.8. The summed E-state index contributed by atoms with van der Waals surface area (Å²) < 4.78 is 5.69. The lowest BCUT2D eigenvalue weighted by Crippen LogP contribution is -1.99. The van der Waals surface area contributed by atoms with Gasteiger partial charge in [-0.1, -0.05) is 21.1 Å². The highest BCUT2D eigenvalue weighted by Gasteiger charge is 2.12. The third kappa shape index (κ3) is 3.11. The number of carboxylic acids is 1. The fourth-order valence-corrected chi connectivity index (χ4v) is 2.77. The molecule has 2 rings (SSSR count). The summed E-state index contributed by atoms with van der Waals surface area (Å²) in [6, 6.07) is 5.03. The van der Waals surface area contributed by atoms with Gasteiger partial charge in [0.15, 0.2) is 5.82 Å². The zero-order valence-electron chi connectivity index (χ0n) is 9.38. The van der Waals surface area contributed by atoms with Crippen molar-refractivity contribution in [1.29, 1.82) is 0 Å². The van der Waals surface area contributed by atoms with Gasteiger partial charge in [-0.2, -0.15) is 4.98 Å². The van der Waals surface area contributed by atoms with Gasteiger partial charge in [0.2, 0.25) is 5.89 Å². The maximum atomic E-state index is 11.1. The number of nitrogens with zero attached hydrogens (tertiary/aromatic N) is 2. The smallest absolute Gasteiger partial charge is 0.336 e. The lowest BCUT2D eigenvalue weighted by Gasteiger charge is -2.04. The van der Waals surface area contributed by atoms with E-state index >= 15 is 0 Å². The van der Waals surface area contributed by atoms with Crippen molar-refractivity contribution in [3.8, 4) is 0 Å². The Morgan fingerprint density at radius 1 is 1.56 bits per heavy atom. The second-order valence-corrected chi connectivity index (χ2v) is 5.40. The Kier molecular flexibility index (Phi) is 4.03. The summed E-state index contributed by atoms with van der Waals surface area (Å²) in [6.45, 7) is 1.71. The fourth-order valence-electron chi connectivity index (χ4n) is 1.33. The Balaban J connectivity index is 2.17. The molecule has 0 amide bonds. The van der Waals surface area contributed by atoms with E-state index in [0.717, 1.165) is 4.47 Å². The van der Waals surface area contributed by atoms with Crippen LogP contribution in [0.5, 0.6) is 0 Å². The van der Waals surface area contributed by atoms with Crippen molar-refractivity contribution in [2.75, 3.05) is 0 Å². The molecule has 0 bridgehead atoms. The summed E-state index contributed by atoms with van der Waals surface area (Å²) in [4.78, 5) is 15.8. The van der Waals surface area contributed by atoms with Gasteiger partial charge in [-0.25, -0.2) is 4.79 Å². The molecular formula is C11H9BrN2O3S. The molecule has 5 nitrogen and oxygen atoms in total. The minimum absolute atomic E-state index is 0.267. The topological polar surface area (TPSA) is 76.2 Å². The summed E-state index contributed by atoms with van der Waals surface area (Å²) in [7, 11) is 0. The molecule has 0 aliphatic heterocycles. The fraction of sp³-hybridized carbons (Fsp3) is 0.182. The van der Waals surface area contributed by atoms with Gasteiger partial charge in [0, 0.05) is 16.3 Å². The van der Waals surface area contributed by atoms with Gasteiger partial charge in [0.1, 0.15) is 0 Å². The van der Waals surface area contributed by atoms with Gasteiger partial charge in [-0.3, -0.25) is 0 Å². The molecule has 1 aromatic carbocycles. The maximum absolute atomic E-state index is 11.1. The third-order valence-corrected chi connectivity index (χ3v) is 3.65. The van der Waals surface area contributed by atoms with Crippen LogP contribution in [0.2, 0.25) is 0 Å². The predicted molar refractivity (Wildman–Crippen MR) is 69.7 cm³/mol. The zero-order valence-corrected chi connectivity index (χ0v) is 11.8. The number of aryl methyl sites for hydroxylation is 1. The van der Waals surface area contributed by atoms with Crippen LogP contribution in [0.4, 0.5) is 0 Å². The van der Waals surface area contributed by atoms with Crippen molar-refractivity contribution >= 4 is 33.7 Å². The third-order valence-electron chi connectivity index (χ3n) is 2.10. The first-order valence-corrected chi connectivity index (χ1v) is 6.79. The Hall–Kier alpha value is -1.34. The quantitative estimate of drug-likeness (QED) is 0.869. The Bertz CT molecular complexity index is 585. The van der Waals surface area contributed by atoms with E-state index < -0.39 is 5.97 Å². The molecule has 1 heterocycles. The maximum Gasteiger partial charge on any atom is 0.336 e. The van der Waals surface area contributed by atoms with E-state index in [9.17, 15) is 4.79 Å². The number of hydrogen-bond acceptors (Lipinski definition) is 5. The van der Waals surface area contributed by atoms with Crippen molar-refractivity contribution in [2.45, 2.75) is 17.6 Å². The summed E-state index contributed by atoms with van der Waals surface area (Å²) in [6.07, 6.45) is 0. The highest BCUT2D eigenvalue weighted by atomic mass is 79.9. The van der Waals surface area contributed by atoms with Gasteiger partial charge in [0.05, 0.1) is 11.3 Å². The van der Waals surface area contributed by atoms with E-state index in [1.165, 1.54) is 11.8 Å². The second-order valence-electron chi connectivity index (χ2n) is 3.46. The molecule has 0 aliphatic rings. The van der Waals surface area contributed by atoms with E-state index in [2.05, 4.69) is 26.1 Å². The van der Waals surface area contributed by atoms with Gasteiger partial charge < -0.3 is 9.63 Å². The van der Waals surface area contributed by atoms with Crippen LogP contribution in [0.15, 0.2) is 32.1 Å². The molecule has 94 valence electrons. The molecule has 0 radical (unpaired) electrons. The number of aromatic nitrogens is 2. The van der Waals surface area contributed by atoms with Crippen LogP contribution in [-0.4, -0.2) is 21.2 Å². The van der Waals surface area contributed by atoms with Crippen LogP contribution in [0, 0.1) is 6.92 Å². The number of aromatic carboxylic acids is 1. The van der Waals surface area contributed by atoms with E-state index in [1.807, 2.05) is 0 Å². The van der Waals surface area contributed by atoms with Crippen molar-refractivity contribution in [3.63, 3.8) is 0 Å². The molecule has 18 heavy (non-hydrogen) atoms. The van der Waals surface area contributed by atoms with Crippen LogP contribution >= 0.6 is 27.7 Å². The van der Waals surface area contributed by atoms with E-state index in [1.54, 1.807) is 25.1 Å². The van der Waals surface area contributed by atoms with Gasteiger partial charge in [-0.15, -0.1) is 11.8 Å². The number of thioether (sulfide) groups is 1. The van der Waals surface area contributed by atoms with E-state index in [0.29, 0.717) is 22.4 Å². The van der Waals surface area contributed by atoms with Crippen molar-refractivity contribution in [3.05, 3.63) is 40.0 Å². The number of rotatable bonds is 4. The number of halogens is 1. The Morgan fingerprint density at radius 2 is 2.33 bits per heavy atom. The normalized spacial score (nSPS) is 10.6. The predicted octanol–water partition coefficient (Wildman–Crippen LogP) is 3.13. The molecule has 7 heteroatoms. The minimum atomic E-state index is -0.950. The SMILES string of the molecule is Cc1nc(CSc2cc(Br)ccc2C(=O)O)no1. The minimum Gasteiger partial charge on any atom is -0.478 e. The van der Waals surface area contributed by atoms with Crippen molar-refractivity contribution < 1.29 is 14.4 Å². The molecule has 0 spiro atoms. The molecule has 0 saturated heterocycles. The number of carbonyl (C=O) groups is 1. The zero-order chi connectivity index (χ0) is 13.1. The number of benzene rings is 1. The second kappa shape index (κ2) is 5.53. The first kappa shape index (κ1) is 13.1. The largest absolute Gasteiger partial charge is 0.478 e.